The van der Waals surface area contributed by atoms with Crippen molar-refractivity contribution in [2.75, 3.05) is 0 Å². The van der Waals surface area contributed by atoms with E-state index in [2.05, 4.69) is 38.9 Å². The van der Waals surface area contributed by atoms with Crippen molar-refractivity contribution >= 4 is 27.3 Å². The van der Waals surface area contributed by atoms with E-state index in [9.17, 15) is 0 Å². The van der Waals surface area contributed by atoms with Gasteiger partial charge in [-0.15, -0.1) is 0 Å². The molecule has 0 aliphatic heterocycles. The molecule has 0 saturated heterocycles. The fraction of sp³-hybridized carbons (Fsp3) is 0.143. The monoisotopic (exact) mass is 414 g/mol. The summed E-state index contributed by atoms with van der Waals surface area (Å²) < 4.78 is 1.01. The van der Waals surface area contributed by atoms with Crippen LogP contribution in [0, 0.1) is 6.92 Å². The van der Waals surface area contributed by atoms with Crippen LogP contribution in [0.1, 0.15) is 18.1 Å². The van der Waals surface area contributed by atoms with Crippen LogP contribution in [-0.2, 0) is 17.1 Å². The van der Waals surface area contributed by atoms with E-state index in [4.69, 9.17) is 0 Å². The third-order valence-electron chi connectivity index (χ3n) is 2.55. The molecule has 0 saturated carbocycles. The van der Waals surface area contributed by atoms with E-state index in [1.165, 1.54) is 0 Å². The molecular weight excluding hydrogens is 403 g/mol. The van der Waals surface area contributed by atoms with Crippen molar-refractivity contribution in [1.29, 1.82) is 0 Å². The number of hydrogen-bond acceptors (Lipinski definition) is 2. The van der Waals surface area contributed by atoms with Crippen molar-refractivity contribution in [3.8, 4) is 0 Å². The van der Waals surface area contributed by atoms with E-state index < -0.39 is 0 Å². The van der Waals surface area contributed by atoms with Crippen LogP contribution in [0.15, 0.2) is 52.2 Å². The number of nitrogens with zero attached hydrogens (tertiary/aromatic N) is 2. The van der Waals surface area contributed by atoms with E-state index in [1.807, 2.05) is 37.4 Å². The van der Waals surface area contributed by atoms with Gasteiger partial charge in [-0.05, 0) is 47.5 Å². The minimum absolute atomic E-state index is 0. The van der Waals surface area contributed by atoms with Crippen molar-refractivity contribution in [3.05, 3.63) is 58.3 Å². The molecule has 2 nitrogen and oxygen atoms in total. The van der Waals surface area contributed by atoms with Gasteiger partial charge in [-0.1, -0.05) is 18.2 Å². The van der Waals surface area contributed by atoms with Gasteiger partial charge in [0.05, 0.1) is 5.69 Å². The minimum Gasteiger partial charge on any atom is -1.00 e. The summed E-state index contributed by atoms with van der Waals surface area (Å²) in [7, 11) is 0. The molecule has 0 atom stereocenters. The Morgan fingerprint density at radius 3 is 2.40 bits per heavy atom. The smallest absolute Gasteiger partial charge is 1.00 e. The summed E-state index contributed by atoms with van der Waals surface area (Å²) >= 11 is 3.53. The first-order valence-corrected chi connectivity index (χ1v) is 6.18. The van der Waals surface area contributed by atoms with Crippen molar-refractivity contribution < 1.29 is 41.9 Å². The molecule has 0 aliphatic rings. The van der Waals surface area contributed by atoms with Crippen LogP contribution >= 0.6 is 15.9 Å². The molecule has 0 unspecified atom stereocenters. The Morgan fingerprint density at radius 1 is 1.15 bits per heavy atom. The predicted octanol–water partition coefficient (Wildman–Crippen LogP) is -1.70. The second kappa shape index (κ2) is 10.4. The summed E-state index contributed by atoms with van der Waals surface area (Å²) in [5.41, 5.74) is 4.15. The van der Waals surface area contributed by atoms with E-state index >= 15 is 0 Å². The van der Waals surface area contributed by atoms with E-state index in [0.29, 0.717) is 0 Å². The molecule has 0 N–H and O–H groups in total. The van der Waals surface area contributed by atoms with Crippen LogP contribution in [0.2, 0.25) is 0 Å². The Labute approximate surface area is 150 Å². The normalized spacial score (nSPS) is 9.85. The average Bonchev–Trinajstić information content (AvgIpc) is 2.35. The SMILES string of the molecule is CC(=Nc1c(C)cccc1Br)c1cccnc1.[Cl-].[Cl-].[Fe+2]. The molecule has 0 bridgehead atoms. The number of benzene rings is 1. The molecule has 108 valence electrons. The van der Waals surface area contributed by atoms with Crippen LogP contribution in [0.25, 0.3) is 0 Å². The standard InChI is InChI=1S/C14H13BrN2.2ClH.Fe/c1-10-5-3-7-13(15)14(10)17-11(2)12-6-4-8-16-9-12;;;/h3-9H,1-2H3;2*1H;/q;;;+2/p-2. The van der Waals surface area contributed by atoms with Gasteiger partial charge in [-0.3, -0.25) is 9.98 Å². The van der Waals surface area contributed by atoms with Gasteiger partial charge in [0.25, 0.3) is 0 Å². The van der Waals surface area contributed by atoms with Gasteiger partial charge in [0.1, 0.15) is 0 Å². The summed E-state index contributed by atoms with van der Waals surface area (Å²) in [6.07, 6.45) is 3.59. The summed E-state index contributed by atoms with van der Waals surface area (Å²) in [6, 6.07) is 10.00. The number of rotatable bonds is 2. The van der Waals surface area contributed by atoms with Gasteiger partial charge >= 0.3 is 17.1 Å². The minimum atomic E-state index is 0. The van der Waals surface area contributed by atoms with Crippen LogP contribution in [0.4, 0.5) is 5.69 Å². The second-order valence-corrected chi connectivity index (χ2v) is 4.70. The van der Waals surface area contributed by atoms with Crippen molar-refractivity contribution in [2.24, 2.45) is 4.99 Å². The predicted molar refractivity (Wildman–Crippen MR) is 75.0 cm³/mol. The molecule has 0 radical (unpaired) electrons. The molecule has 0 amide bonds. The maximum absolute atomic E-state index is 4.66. The molecule has 1 aromatic heterocycles. The van der Waals surface area contributed by atoms with Crippen molar-refractivity contribution in [3.63, 3.8) is 0 Å². The third-order valence-corrected chi connectivity index (χ3v) is 3.19. The molecule has 20 heavy (non-hydrogen) atoms. The van der Waals surface area contributed by atoms with E-state index in [0.717, 1.165) is 27.0 Å². The maximum atomic E-state index is 4.66. The number of para-hydroxylation sites is 1. The van der Waals surface area contributed by atoms with Gasteiger partial charge in [-0.2, -0.15) is 0 Å². The van der Waals surface area contributed by atoms with E-state index in [-0.39, 0.29) is 41.9 Å². The molecular formula is C14H13BrCl2FeN2. The third kappa shape index (κ3) is 5.55. The number of aromatic nitrogens is 1. The zero-order valence-corrected chi connectivity index (χ0v) is 15.1. The Hall–Kier alpha value is -0.381. The number of hydrogen-bond donors (Lipinski definition) is 0. The Morgan fingerprint density at radius 2 is 1.85 bits per heavy atom. The fourth-order valence-electron chi connectivity index (χ4n) is 1.57. The van der Waals surface area contributed by atoms with Crippen molar-refractivity contribution in [2.45, 2.75) is 13.8 Å². The zero-order valence-electron chi connectivity index (χ0n) is 10.9. The molecule has 0 aliphatic carbocycles. The number of halogens is 3. The topological polar surface area (TPSA) is 25.2 Å². The van der Waals surface area contributed by atoms with Gasteiger partial charge < -0.3 is 24.8 Å². The molecule has 2 aromatic rings. The largest absolute Gasteiger partial charge is 2.00 e. The van der Waals surface area contributed by atoms with Gasteiger partial charge in [-0.25, -0.2) is 0 Å². The van der Waals surface area contributed by atoms with Crippen molar-refractivity contribution in [1.82, 2.24) is 4.98 Å². The first-order valence-electron chi connectivity index (χ1n) is 5.39. The van der Waals surface area contributed by atoms with Gasteiger partial charge in [0.2, 0.25) is 0 Å². The Bertz CT molecular complexity index is 542. The van der Waals surface area contributed by atoms with Crippen LogP contribution < -0.4 is 24.8 Å². The first kappa shape index (κ1) is 21.9. The fourth-order valence-corrected chi connectivity index (χ4v) is 2.13. The quantitative estimate of drug-likeness (QED) is 0.424. The number of aryl methyl sites for hydroxylation is 1. The van der Waals surface area contributed by atoms with Gasteiger partial charge in [0.15, 0.2) is 0 Å². The molecule has 1 heterocycles. The first-order chi connectivity index (χ1) is 8.18. The molecule has 2 rings (SSSR count). The molecule has 0 spiro atoms. The average molecular weight is 416 g/mol. The van der Waals surface area contributed by atoms with Crippen LogP contribution in [0.3, 0.4) is 0 Å². The van der Waals surface area contributed by atoms with Crippen LogP contribution in [0.5, 0.6) is 0 Å². The van der Waals surface area contributed by atoms with Crippen LogP contribution in [-0.4, -0.2) is 10.7 Å². The Kier molecular flexibility index (Phi) is 11.4. The Balaban J connectivity index is 0. The molecule has 0 fully saturated rings. The van der Waals surface area contributed by atoms with Gasteiger partial charge in [0, 0.05) is 28.1 Å². The summed E-state index contributed by atoms with van der Waals surface area (Å²) in [5.74, 6) is 0. The second-order valence-electron chi connectivity index (χ2n) is 3.84. The molecule has 6 heteroatoms. The summed E-state index contributed by atoms with van der Waals surface area (Å²) in [6.45, 7) is 4.05. The maximum Gasteiger partial charge on any atom is 2.00 e. The summed E-state index contributed by atoms with van der Waals surface area (Å²) in [5, 5.41) is 0. The summed E-state index contributed by atoms with van der Waals surface area (Å²) in [4.78, 5) is 8.76. The number of pyridine rings is 1. The van der Waals surface area contributed by atoms with E-state index in [1.54, 1.807) is 6.20 Å². The zero-order chi connectivity index (χ0) is 12.3. The molecule has 1 aromatic carbocycles. The number of aliphatic imine (C=N–C) groups is 1.